The van der Waals surface area contributed by atoms with Gasteiger partial charge in [-0.05, 0) is 99.5 Å². The first-order valence-corrected chi connectivity index (χ1v) is 12.9. The van der Waals surface area contributed by atoms with Crippen LogP contribution in [0.3, 0.4) is 0 Å². The lowest BCUT2D eigenvalue weighted by atomic mass is 10.2. The summed E-state index contributed by atoms with van der Waals surface area (Å²) in [5, 5.41) is 2.21. The predicted molar refractivity (Wildman–Crippen MR) is 142 cm³/mol. The van der Waals surface area contributed by atoms with Crippen molar-refractivity contribution in [1.29, 1.82) is 0 Å². The summed E-state index contributed by atoms with van der Waals surface area (Å²) < 4.78 is 13.1. The summed E-state index contributed by atoms with van der Waals surface area (Å²) in [4.78, 5) is 38.9. The summed E-state index contributed by atoms with van der Waals surface area (Å²) >= 11 is 6.32. The maximum atomic E-state index is 12.8. The van der Waals surface area contributed by atoms with Gasteiger partial charge in [-0.1, -0.05) is 19.1 Å². The van der Waals surface area contributed by atoms with E-state index in [0.717, 1.165) is 26.7 Å². The van der Waals surface area contributed by atoms with Crippen LogP contribution in [0.2, 0.25) is 0 Å². The fourth-order valence-electron chi connectivity index (χ4n) is 2.96. The van der Waals surface area contributed by atoms with E-state index in [-0.39, 0.29) is 11.4 Å². The van der Waals surface area contributed by atoms with Crippen molar-refractivity contribution in [2.75, 3.05) is 25.1 Å². The molecule has 0 atom stereocenters. The second-order valence-corrected chi connectivity index (χ2v) is 9.92. The highest BCUT2D eigenvalue weighted by Gasteiger charge is 2.36. The number of ether oxygens (including phenoxy) is 2. The molecule has 0 bridgehead atoms. The Morgan fingerprint density at radius 3 is 2.67 bits per heavy atom. The second-order valence-electron chi connectivity index (χ2n) is 6.91. The third kappa shape index (κ3) is 6.51. The van der Waals surface area contributed by atoms with Gasteiger partial charge in [0.25, 0.3) is 11.1 Å². The van der Waals surface area contributed by atoms with Gasteiger partial charge in [0.15, 0.2) is 11.5 Å². The fraction of sp³-hybridized carbons (Fsp3) is 0.261. The van der Waals surface area contributed by atoms with Gasteiger partial charge in [0.2, 0.25) is 5.91 Å². The molecule has 174 valence electrons. The van der Waals surface area contributed by atoms with Gasteiger partial charge in [0, 0.05) is 4.47 Å². The molecule has 1 N–H and O–H groups in total. The Kier molecular flexibility index (Phi) is 9.21. The minimum atomic E-state index is -0.508. The molecule has 0 saturated carbocycles. The highest BCUT2D eigenvalue weighted by Crippen LogP contribution is 2.37. The molecule has 2 aromatic carbocycles. The molecule has 2 aromatic rings. The number of amides is 3. The minimum Gasteiger partial charge on any atom is -0.490 e. The Morgan fingerprint density at radius 1 is 1.21 bits per heavy atom. The summed E-state index contributed by atoms with van der Waals surface area (Å²) in [6.45, 7) is 4.57. The van der Waals surface area contributed by atoms with Crippen molar-refractivity contribution >= 4 is 79.1 Å². The van der Waals surface area contributed by atoms with Gasteiger partial charge in [-0.3, -0.25) is 19.3 Å². The average molecular weight is 645 g/mol. The normalized spacial score (nSPS) is 14.7. The Labute approximate surface area is 218 Å². The first kappa shape index (κ1) is 25.6. The van der Waals surface area contributed by atoms with Gasteiger partial charge in [-0.25, -0.2) is 0 Å². The molecule has 0 unspecified atom stereocenters. The quantitative estimate of drug-likeness (QED) is 0.270. The molecule has 1 aliphatic heterocycles. The van der Waals surface area contributed by atoms with E-state index in [1.807, 2.05) is 26.0 Å². The Morgan fingerprint density at radius 2 is 1.97 bits per heavy atom. The monoisotopic (exact) mass is 644 g/mol. The van der Waals surface area contributed by atoms with Crippen LogP contribution in [0.15, 0.2) is 45.8 Å². The van der Waals surface area contributed by atoms with E-state index >= 15 is 0 Å². The molecule has 1 fully saturated rings. The number of halogens is 2. The number of carbonyl (C=O) groups is 3. The Balaban J connectivity index is 1.77. The van der Waals surface area contributed by atoms with E-state index in [4.69, 9.17) is 9.47 Å². The number of imide groups is 1. The highest BCUT2D eigenvalue weighted by atomic mass is 127. The van der Waals surface area contributed by atoms with Crippen LogP contribution in [0.25, 0.3) is 6.08 Å². The number of hydrogen-bond acceptors (Lipinski definition) is 6. The smallest absolute Gasteiger partial charge is 0.294 e. The first-order chi connectivity index (χ1) is 15.8. The zero-order chi connectivity index (χ0) is 24.0. The van der Waals surface area contributed by atoms with E-state index < -0.39 is 17.1 Å². The van der Waals surface area contributed by atoms with Gasteiger partial charge in [0.05, 0.1) is 27.4 Å². The molecule has 0 spiro atoms. The van der Waals surface area contributed by atoms with Crippen molar-refractivity contribution in [3.05, 3.63) is 54.9 Å². The number of benzene rings is 2. The number of hydrogen-bond donors (Lipinski definition) is 1. The van der Waals surface area contributed by atoms with Crippen molar-refractivity contribution in [1.82, 2.24) is 4.90 Å². The third-order valence-corrected chi connectivity index (χ3v) is 6.80. The maximum absolute atomic E-state index is 12.8. The van der Waals surface area contributed by atoms with Crippen LogP contribution in [-0.4, -0.2) is 41.7 Å². The van der Waals surface area contributed by atoms with Gasteiger partial charge in [-0.15, -0.1) is 0 Å². The molecule has 0 aromatic heterocycles. The summed E-state index contributed by atoms with van der Waals surface area (Å²) in [6, 6.07) is 10.8. The molecule has 7 nitrogen and oxygen atoms in total. The molecule has 0 aliphatic carbocycles. The highest BCUT2D eigenvalue weighted by molar-refractivity contribution is 14.1. The third-order valence-electron chi connectivity index (χ3n) is 4.40. The molecular weight excluding hydrogens is 623 g/mol. The molecule has 1 heterocycles. The second kappa shape index (κ2) is 11.9. The van der Waals surface area contributed by atoms with Crippen molar-refractivity contribution in [3.8, 4) is 11.5 Å². The number of thioether (sulfide) groups is 1. The van der Waals surface area contributed by atoms with Crippen LogP contribution >= 0.6 is 50.3 Å². The van der Waals surface area contributed by atoms with Crippen molar-refractivity contribution in [2.45, 2.75) is 20.3 Å². The predicted octanol–water partition coefficient (Wildman–Crippen LogP) is 5.92. The summed E-state index contributed by atoms with van der Waals surface area (Å²) in [5.41, 5.74) is 1.27. The van der Waals surface area contributed by atoms with Gasteiger partial charge in [-0.2, -0.15) is 0 Å². The van der Waals surface area contributed by atoms with Crippen LogP contribution in [0.5, 0.6) is 11.5 Å². The Hall–Kier alpha value is -2.05. The molecule has 3 rings (SSSR count). The fourth-order valence-corrected chi connectivity index (χ4v) is 4.97. The van der Waals surface area contributed by atoms with Crippen LogP contribution in [0, 0.1) is 3.57 Å². The zero-order valence-corrected chi connectivity index (χ0v) is 22.6. The van der Waals surface area contributed by atoms with E-state index in [2.05, 4.69) is 43.8 Å². The van der Waals surface area contributed by atoms with Crippen molar-refractivity contribution in [2.24, 2.45) is 0 Å². The number of carbonyl (C=O) groups excluding carboxylic acids is 3. The lowest BCUT2D eigenvalue weighted by Gasteiger charge is -2.14. The largest absolute Gasteiger partial charge is 0.490 e. The molecule has 33 heavy (non-hydrogen) atoms. The minimum absolute atomic E-state index is 0.245. The number of nitrogens with zero attached hydrogens (tertiary/aromatic N) is 1. The van der Waals surface area contributed by atoms with Gasteiger partial charge < -0.3 is 14.8 Å². The standard InChI is InChI=1S/C23H22BrIN2O5S/c1-3-9-32-21-16(25)10-14(11-18(21)31-4-2)12-19-22(29)27(23(30)33-19)13-20(28)26-17-8-6-5-7-15(17)24/h5-8,10-12H,3-4,9,13H2,1-2H3,(H,26,28)/b19-12-. The molecule has 1 saturated heterocycles. The number of rotatable bonds is 9. The van der Waals surface area contributed by atoms with Gasteiger partial charge >= 0.3 is 0 Å². The maximum Gasteiger partial charge on any atom is 0.294 e. The lowest BCUT2D eigenvalue weighted by Crippen LogP contribution is -2.36. The summed E-state index contributed by atoms with van der Waals surface area (Å²) in [7, 11) is 0. The van der Waals surface area contributed by atoms with Crippen LogP contribution < -0.4 is 14.8 Å². The topological polar surface area (TPSA) is 84.9 Å². The van der Waals surface area contributed by atoms with Crippen LogP contribution in [-0.2, 0) is 9.59 Å². The zero-order valence-electron chi connectivity index (χ0n) is 18.0. The van der Waals surface area contributed by atoms with Crippen LogP contribution in [0.1, 0.15) is 25.8 Å². The summed E-state index contributed by atoms with van der Waals surface area (Å²) in [6.07, 6.45) is 2.50. The van der Waals surface area contributed by atoms with E-state index in [0.29, 0.717) is 40.4 Å². The van der Waals surface area contributed by atoms with Gasteiger partial charge in [0.1, 0.15) is 6.54 Å². The number of nitrogens with one attached hydrogen (secondary N) is 1. The SMILES string of the molecule is CCCOc1c(I)cc(/C=C2\SC(=O)N(CC(=O)Nc3ccccc3Br)C2=O)cc1OCC. The Bertz CT molecular complexity index is 1110. The van der Waals surface area contributed by atoms with Crippen LogP contribution in [0.4, 0.5) is 10.5 Å². The first-order valence-electron chi connectivity index (χ1n) is 10.2. The molecular formula is C23H22BrIN2O5S. The lowest BCUT2D eigenvalue weighted by molar-refractivity contribution is -0.127. The number of para-hydroxylation sites is 1. The summed E-state index contributed by atoms with van der Waals surface area (Å²) in [5.74, 6) is 0.270. The van der Waals surface area contributed by atoms with E-state index in [9.17, 15) is 14.4 Å². The molecule has 10 heteroatoms. The average Bonchev–Trinajstić information content (AvgIpc) is 3.02. The van der Waals surface area contributed by atoms with Crippen molar-refractivity contribution < 1.29 is 23.9 Å². The van der Waals surface area contributed by atoms with Crippen molar-refractivity contribution in [3.63, 3.8) is 0 Å². The molecule has 1 aliphatic rings. The van der Waals surface area contributed by atoms with E-state index in [1.165, 1.54) is 0 Å². The number of anilines is 1. The molecule has 3 amide bonds. The van der Waals surface area contributed by atoms with E-state index in [1.54, 1.807) is 30.3 Å². The molecule has 0 radical (unpaired) electrons.